The van der Waals surface area contributed by atoms with Crippen LogP contribution in [0, 0.1) is 0 Å². The van der Waals surface area contributed by atoms with Crippen LogP contribution in [0.15, 0.2) is 0 Å². The monoisotopic (exact) mass is 473 g/mol. The molecular weight excluding hydrogens is 430 g/mol. The first-order valence-electron chi connectivity index (χ1n) is 12.3. The number of esters is 2. The first-order chi connectivity index (χ1) is 15.9. The summed E-state index contributed by atoms with van der Waals surface area (Å²) in [4.78, 5) is 45.7. The molecule has 0 heterocycles. The maximum absolute atomic E-state index is 12.2. The maximum Gasteiger partial charge on any atom is 0.306 e. The number of nitrogens with one attached hydrogen (secondary N) is 1. The van der Waals surface area contributed by atoms with E-state index in [1.807, 2.05) is 0 Å². The number of unbranched alkanes of at least 4 members (excludes halogenated alkanes) is 7. The summed E-state index contributed by atoms with van der Waals surface area (Å²) in [5.41, 5.74) is 0. The van der Waals surface area contributed by atoms with E-state index in [1.165, 1.54) is 0 Å². The fourth-order valence-electron chi connectivity index (χ4n) is 3.20. The lowest BCUT2D eigenvalue weighted by molar-refractivity contribution is -0.159. The molecule has 0 spiro atoms. The molecule has 2 unspecified atom stereocenters. The zero-order chi connectivity index (χ0) is 24.7. The third kappa shape index (κ3) is 20.2. The van der Waals surface area contributed by atoms with Gasteiger partial charge in [0.2, 0.25) is 0 Å². The normalized spacial score (nSPS) is 12.5. The molecule has 0 amide bonds. The quantitative estimate of drug-likeness (QED) is 0.0986. The van der Waals surface area contributed by atoms with Crippen molar-refractivity contribution < 1.29 is 38.5 Å². The minimum atomic E-state index is -0.962. The van der Waals surface area contributed by atoms with Gasteiger partial charge in [-0.15, -0.1) is 0 Å². The zero-order valence-corrected chi connectivity index (χ0v) is 20.4. The summed E-state index contributed by atoms with van der Waals surface area (Å²) >= 11 is 0. The van der Waals surface area contributed by atoms with E-state index in [0.29, 0.717) is 19.3 Å². The smallest absolute Gasteiger partial charge is 0.306 e. The number of hydrogen-bond acceptors (Lipinski definition) is 8. The molecule has 0 aliphatic carbocycles. The first kappa shape index (κ1) is 30.8. The maximum atomic E-state index is 12.2. The molecule has 0 aliphatic heterocycles. The lowest BCUT2D eigenvalue weighted by Crippen LogP contribution is -2.42. The van der Waals surface area contributed by atoms with Gasteiger partial charge >= 0.3 is 17.9 Å². The highest BCUT2D eigenvalue weighted by Crippen LogP contribution is 2.08. The number of rotatable bonds is 23. The average molecular weight is 474 g/mol. The lowest BCUT2D eigenvalue weighted by Gasteiger charge is -2.22. The van der Waals surface area contributed by atoms with Crippen molar-refractivity contribution in [3.8, 4) is 0 Å². The molecule has 0 radical (unpaired) electrons. The summed E-state index contributed by atoms with van der Waals surface area (Å²) in [7, 11) is 0. The molecule has 0 fully saturated rings. The average Bonchev–Trinajstić information content (AvgIpc) is 2.79. The fourth-order valence-corrected chi connectivity index (χ4v) is 3.20. The second-order valence-electron chi connectivity index (χ2n) is 8.24. The van der Waals surface area contributed by atoms with Crippen molar-refractivity contribution in [3.63, 3.8) is 0 Å². The number of hydrogen-bond donors (Lipinski definition) is 2. The third-order valence-electron chi connectivity index (χ3n) is 5.15. The number of aliphatic carboxylic acids is 1. The van der Waals surface area contributed by atoms with Crippen LogP contribution in [0.5, 0.6) is 0 Å². The molecule has 0 aromatic rings. The molecule has 9 heteroatoms. The van der Waals surface area contributed by atoms with Crippen LogP contribution in [-0.4, -0.2) is 61.4 Å². The molecule has 2 N–H and O–H groups in total. The Hall–Kier alpha value is -2.16. The van der Waals surface area contributed by atoms with Crippen LogP contribution in [0.25, 0.3) is 0 Å². The van der Waals surface area contributed by atoms with Crippen LogP contribution in [0.4, 0.5) is 0 Å². The number of carboxylic acids is 1. The van der Waals surface area contributed by atoms with E-state index in [1.54, 1.807) is 0 Å². The fraction of sp³-hybridized carbons (Fsp3) is 0.833. The Morgan fingerprint density at radius 1 is 0.848 bits per heavy atom. The molecule has 192 valence electrons. The molecule has 0 bridgehead atoms. The molecule has 9 nitrogen and oxygen atoms in total. The molecule has 0 aromatic carbocycles. The highest BCUT2D eigenvalue weighted by Gasteiger charge is 2.20. The highest BCUT2D eigenvalue weighted by atomic mass is 16.6. The summed E-state index contributed by atoms with van der Waals surface area (Å²) < 4.78 is 15.6. The molecular formula is C24H43NO8. The van der Waals surface area contributed by atoms with E-state index in [-0.39, 0.29) is 44.5 Å². The van der Waals surface area contributed by atoms with Crippen molar-refractivity contribution in [1.29, 1.82) is 0 Å². The van der Waals surface area contributed by atoms with Gasteiger partial charge in [0.1, 0.15) is 19.3 Å². The van der Waals surface area contributed by atoms with Crippen molar-refractivity contribution in [2.24, 2.45) is 0 Å². The summed E-state index contributed by atoms with van der Waals surface area (Å²) in [5.74, 6) is -1.65. The number of carbonyl (C=O) groups excluding carboxylic acids is 3. The third-order valence-corrected chi connectivity index (χ3v) is 5.15. The zero-order valence-electron chi connectivity index (χ0n) is 20.4. The van der Waals surface area contributed by atoms with Crippen LogP contribution >= 0.6 is 0 Å². The van der Waals surface area contributed by atoms with Crippen LogP contribution in [0.3, 0.4) is 0 Å². The summed E-state index contributed by atoms with van der Waals surface area (Å²) in [5, 5.41) is 12.0. The van der Waals surface area contributed by atoms with Crippen molar-refractivity contribution in [2.75, 3.05) is 19.8 Å². The van der Waals surface area contributed by atoms with Crippen molar-refractivity contribution in [2.45, 2.75) is 109 Å². The standard InChI is InChI=1S/C24H43NO8/c1-3-5-7-9-11-12-23(29)32-18-21(33-24(30)13-10-8-6-4-2)16-25-20(17-31-19-26)14-15-22(27)28/h19-21,25H,3-18H2,1-2H3,(H,27,28). The number of carboxylic acid groups (broad SMARTS) is 1. The largest absolute Gasteiger partial charge is 0.481 e. The van der Waals surface area contributed by atoms with Gasteiger partial charge in [-0.2, -0.15) is 0 Å². The Kier molecular flexibility index (Phi) is 20.3. The molecule has 0 aliphatic rings. The van der Waals surface area contributed by atoms with Gasteiger partial charge in [0, 0.05) is 31.8 Å². The predicted molar refractivity (Wildman–Crippen MR) is 124 cm³/mol. The Labute approximate surface area is 197 Å². The number of ether oxygens (including phenoxy) is 3. The highest BCUT2D eigenvalue weighted by molar-refractivity contribution is 5.70. The van der Waals surface area contributed by atoms with Crippen LogP contribution in [-0.2, 0) is 33.4 Å². The molecule has 0 rings (SSSR count). The van der Waals surface area contributed by atoms with E-state index in [2.05, 4.69) is 19.2 Å². The van der Waals surface area contributed by atoms with Gasteiger partial charge in [-0.05, 0) is 19.3 Å². The summed E-state index contributed by atoms with van der Waals surface area (Å²) in [6.07, 6.45) is 8.94. The van der Waals surface area contributed by atoms with Gasteiger partial charge in [0.25, 0.3) is 6.47 Å². The Morgan fingerprint density at radius 3 is 2.06 bits per heavy atom. The lowest BCUT2D eigenvalue weighted by atomic mass is 10.1. The molecule has 0 saturated heterocycles. The first-order valence-corrected chi connectivity index (χ1v) is 12.3. The molecule has 2 atom stereocenters. The van der Waals surface area contributed by atoms with Gasteiger partial charge in [0.05, 0.1) is 0 Å². The van der Waals surface area contributed by atoms with E-state index < -0.39 is 18.1 Å². The second kappa shape index (κ2) is 21.7. The van der Waals surface area contributed by atoms with E-state index in [0.717, 1.165) is 57.8 Å². The van der Waals surface area contributed by atoms with Gasteiger partial charge in [0.15, 0.2) is 0 Å². The van der Waals surface area contributed by atoms with Gasteiger partial charge in [-0.3, -0.25) is 19.2 Å². The second-order valence-corrected chi connectivity index (χ2v) is 8.24. The van der Waals surface area contributed by atoms with E-state index in [9.17, 15) is 19.2 Å². The summed E-state index contributed by atoms with van der Waals surface area (Å²) in [6.45, 7) is 4.58. The Balaban J connectivity index is 4.69. The number of carbonyl (C=O) groups is 4. The van der Waals surface area contributed by atoms with Crippen LogP contribution in [0.1, 0.15) is 97.3 Å². The van der Waals surface area contributed by atoms with Gasteiger partial charge < -0.3 is 24.6 Å². The minimum absolute atomic E-state index is 0.00792. The van der Waals surface area contributed by atoms with Crippen molar-refractivity contribution in [3.05, 3.63) is 0 Å². The van der Waals surface area contributed by atoms with Crippen LogP contribution < -0.4 is 5.32 Å². The van der Waals surface area contributed by atoms with Gasteiger partial charge in [-0.25, -0.2) is 0 Å². The van der Waals surface area contributed by atoms with E-state index >= 15 is 0 Å². The predicted octanol–water partition coefficient (Wildman–Crippen LogP) is 3.77. The van der Waals surface area contributed by atoms with Crippen molar-refractivity contribution >= 4 is 24.4 Å². The SMILES string of the molecule is CCCCCCCC(=O)OCC(CNC(CCC(=O)O)COC=O)OC(=O)CCCCCC. The summed E-state index contributed by atoms with van der Waals surface area (Å²) in [6, 6.07) is -0.425. The molecule has 0 saturated carbocycles. The van der Waals surface area contributed by atoms with Gasteiger partial charge in [-0.1, -0.05) is 58.8 Å². The van der Waals surface area contributed by atoms with Crippen molar-refractivity contribution in [1.82, 2.24) is 5.32 Å². The molecule has 33 heavy (non-hydrogen) atoms. The molecule has 0 aromatic heterocycles. The van der Waals surface area contributed by atoms with E-state index in [4.69, 9.17) is 19.3 Å². The Morgan fingerprint density at radius 2 is 1.45 bits per heavy atom. The topological polar surface area (TPSA) is 128 Å². The minimum Gasteiger partial charge on any atom is -0.481 e. The Bertz CT molecular complexity index is 541. The van der Waals surface area contributed by atoms with Crippen LogP contribution in [0.2, 0.25) is 0 Å².